The van der Waals surface area contributed by atoms with E-state index in [1.165, 1.54) is 6.08 Å². The number of fused-ring (bicyclic) bond motifs is 2. The van der Waals surface area contributed by atoms with Gasteiger partial charge in [0.25, 0.3) is 0 Å². The molecule has 0 bridgehead atoms. The van der Waals surface area contributed by atoms with Crippen LogP contribution in [0.2, 0.25) is 0 Å². The average Bonchev–Trinajstić information content (AvgIpc) is 2.55. The van der Waals surface area contributed by atoms with E-state index in [2.05, 4.69) is 24.3 Å². The number of benzene rings is 3. The first-order chi connectivity index (χ1) is 10.7. The molecule has 3 aromatic rings. The van der Waals surface area contributed by atoms with E-state index in [1.54, 1.807) is 6.08 Å². The summed E-state index contributed by atoms with van der Waals surface area (Å²) in [5.41, 5.74) is 1.40. The van der Waals surface area contributed by atoms with Gasteiger partial charge in [0.1, 0.15) is 5.57 Å². The maximum Gasteiger partial charge on any atom is 0.214 e. The first-order valence-corrected chi connectivity index (χ1v) is 7.33. The Labute approximate surface area is 126 Å². The minimum absolute atomic E-state index is 0.463. The highest BCUT2D eigenvalue weighted by Crippen LogP contribution is 2.42. The lowest BCUT2D eigenvalue weighted by Gasteiger charge is -2.20. The SMILES string of the molecule is O[C@H]1C=C[C+]2C=c3ccc4cccc5ccc(c3c54)C2=C1F. The Morgan fingerprint density at radius 1 is 0.955 bits per heavy atom. The highest BCUT2D eigenvalue weighted by Gasteiger charge is 2.35. The Morgan fingerprint density at radius 3 is 2.55 bits per heavy atom. The Morgan fingerprint density at radius 2 is 1.73 bits per heavy atom. The molecule has 0 aromatic heterocycles. The molecule has 1 nitrogen and oxygen atoms in total. The fourth-order valence-electron chi connectivity index (χ4n) is 3.66. The van der Waals surface area contributed by atoms with Crippen molar-refractivity contribution in [3.05, 3.63) is 77.1 Å². The molecule has 0 spiro atoms. The fraction of sp³-hybridized carbons (Fsp3) is 0.0500. The molecule has 0 amide bonds. The standard InChI is InChI=1S/C20H12FO/c21-20-16(22)9-7-14-10-13-5-4-11-2-1-3-12-6-8-15(19(14)20)18(13)17(11)12/h1-10,16,22H/q+1/t16-/m0/s1. The van der Waals surface area contributed by atoms with E-state index in [0.29, 0.717) is 5.57 Å². The van der Waals surface area contributed by atoms with Gasteiger partial charge in [-0.1, -0.05) is 18.2 Å². The molecule has 2 heteroatoms. The van der Waals surface area contributed by atoms with Gasteiger partial charge in [-0.2, -0.15) is 4.39 Å². The molecular formula is C20H12FO+. The maximum absolute atomic E-state index is 14.5. The van der Waals surface area contributed by atoms with Crippen LogP contribution in [0.1, 0.15) is 5.56 Å². The third-order valence-electron chi connectivity index (χ3n) is 4.63. The molecule has 0 heterocycles. The molecule has 1 N–H and O–H groups in total. The minimum atomic E-state index is -1.15. The van der Waals surface area contributed by atoms with Crippen LogP contribution < -0.4 is 5.22 Å². The molecule has 0 radical (unpaired) electrons. The molecule has 0 saturated heterocycles. The van der Waals surface area contributed by atoms with Crippen LogP contribution in [0.15, 0.2) is 60.4 Å². The molecule has 0 unspecified atom stereocenters. The summed E-state index contributed by atoms with van der Waals surface area (Å²) in [6, 6.07) is 14.4. The third kappa shape index (κ3) is 1.38. The van der Waals surface area contributed by atoms with Crippen molar-refractivity contribution >= 4 is 33.2 Å². The van der Waals surface area contributed by atoms with Crippen molar-refractivity contribution in [1.29, 1.82) is 0 Å². The molecule has 0 saturated carbocycles. The molecule has 22 heavy (non-hydrogen) atoms. The smallest absolute Gasteiger partial charge is 0.214 e. The van der Waals surface area contributed by atoms with Crippen LogP contribution >= 0.6 is 0 Å². The summed E-state index contributed by atoms with van der Waals surface area (Å²) >= 11 is 0. The van der Waals surface area contributed by atoms with Gasteiger partial charge in [0, 0.05) is 28.8 Å². The van der Waals surface area contributed by atoms with E-state index in [-0.39, 0.29) is 0 Å². The second-order valence-corrected chi connectivity index (χ2v) is 5.85. The number of aliphatic hydroxyl groups is 1. The number of allylic oxidation sites excluding steroid dienone is 2. The van der Waals surface area contributed by atoms with Gasteiger partial charge in [-0.25, -0.2) is 0 Å². The Balaban J connectivity index is 2.04. The Bertz CT molecular complexity index is 1040. The monoisotopic (exact) mass is 287 g/mol. The molecule has 2 aliphatic rings. The molecule has 1 atom stereocenters. The highest BCUT2D eigenvalue weighted by molar-refractivity contribution is 6.17. The number of hydrogen-bond acceptors (Lipinski definition) is 1. The van der Waals surface area contributed by atoms with Crippen LogP contribution in [-0.2, 0) is 0 Å². The topological polar surface area (TPSA) is 20.2 Å². The average molecular weight is 287 g/mol. The van der Waals surface area contributed by atoms with Crippen molar-refractivity contribution in [1.82, 2.24) is 0 Å². The van der Waals surface area contributed by atoms with Gasteiger partial charge in [-0.3, -0.25) is 0 Å². The Hall–Kier alpha value is -2.58. The van der Waals surface area contributed by atoms with Crippen LogP contribution in [0.4, 0.5) is 4.39 Å². The Kier molecular flexibility index (Phi) is 2.18. The molecule has 5 rings (SSSR count). The van der Waals surface area contributed by atoms with Crippen molar-refractivity contribution in [3.63, 3.8) is 0 Å². The van der Waals surface area contributed by atoms with Gasteiger partial charge in [-0.15, -0.1) is 0 Å². The van der Waals surface area contributed by atoms with Gasteiger partial charge in [0.15, 0.2) is 6.10 Å². The molecule has 104 valence electrons. The van der Waals surface area contributed by atoms with Crippen molar-refractivity contribution in [2.45, 2.75) is 6.10 Å². The van der Waals surface area contributed by atoms with E-state index < -0.39 is 11.9 Å². The number of rotatable bonds is 0. The van der Waals surface area contributed by atoms with Crippen LogP contribution in [0.3, 0.4) is 0 Å². The van der Waals surface area contributed by atoms with E-state index in [9.17, 15) is 9.50 Å². The maximum atomic E-state index is 14.5. The van der Waals surface area contributed by atoms with Gasteiger partial charge in [0.2, 0.25) is 5.83 Å². The van der Waals surface area contributed by atoms with E-state index in [0.717, 1.165) is 38.2 Å². The number of hydrogen-bond donors (Lipinski definition) is 1. The van der Waals surface area contributed by atoms with Gasteiger partial charge < -0.3 is 5.11 Å². The molecular weight excluding hydrogens is 275 g/mol. The van der Waals surface area contributed by atoms with Crippen LogP contribution in [0.25, 0.3) is 33.2 Å². The predicted molar refractivity (Wildman–Crippen MR) is 87.6 cm³/mol. The summed E-state index contributed by atoms with van der Waals surface area (Å²) in [6.45, 7) is 0. The fourth-order valence-corrected chi connectivity index (χ4v) is 3.66. The van der Waals surface area contributed by atoms with E-state index >= 15 is 0 Å². The highest BCUT2D eigenvalue weighted by atomic mass is 19.1. The normalized spacial score (nSPS) is 19.7. The van der Waals surface area contributed by atoms with Crippen LogP contribution in [0.5, 0.6) is 0 Å². The first-order valence-electron chi connectivity index (χ1n) is 7.33. The zero-order valence-electron chi connectivity index (χ0n) is 11.7. The van der Waals surface area contributed by atoms with E-state index in [4.69, 9.17) is 0 Å². The quantitative estimate of drug-likeness (QED) is 0.625. The minimum Gasteiger partial charge on any atom is -0.368 e. The van der Waals surface area contributed by atoms with Crippen LogP contribution in [-0.4, -0.2) is 11.2 Å². The van der Waals surface area contributed by atoms with Gasteiger partial charge in [0.05, 0.1) is 16.9 Å². The third-order valence-corrected chi connectivity index (χ3v) is 4.63. The lowest BCUT2D eigenvalue weighted by atomic mass is 9.79. The summed E-state index contributed by atoms with van der Waals surface area (Å²) in [5.74, 6) is 0.365. The first kappa shape index (κ1) is 12.0. The summed E-state index contributed by atoms with van der Waals surface area (Å²) < 4.78 is 14.5. The molecule has 0 fully saturated rings. The zero-order chi connectivity index (χ0) is 14.8. The summed E-state index contributed by atoms with van der Waals surface area (Å²) in [4.78, 5) is 0. The van der Waals surface area contributed by atoms with Crippen molar-refractivity contribution in [2.75, 3.05) is 0 Å². The van der Waals surface area contributed by atoms with Crippen molar-refractivity contribution < 1.29 is 9.50 Å². The second kappa shape index (κ2) is 3.99. The largest absolute Gasteiger partial charge is 0.368 e. The number of aliphatic hydroxyl groups excluding tert-OH is 1. The lowest BCUT2D eigenvalue weighted by molar-refractivity contribution is 0.228. The number of halogens is 1. The summed E-state index contributed by atoms with van der Waals surface area (Å²) in [5, 5.41) is 15.5. The van der Waals surface area contributed by atoms with Crippen molar-refractivity contribution in [2.24, 2.45) is 0 Å². The molecule has 3 aromatic carbocycles. The van der Waals surface area contributed by atoms with E-state index in [1.807, 2.05) is 24.3 Å². The van der Waals surface area contributed by atoms with Gasteiger partial charge in [-0.05, 0) is 35.0 Å². The zero-order valence-corrected chi connectivity index (χ0v) is 11.7. The van der Waals surface area contributed by atoms with Crippen molar-refractivity contribution in [3.8, 4) is 0 Å². The van der Waals surface area contributed by atoms with Gasteiger partial charge >= 0.3 is 0 Å². The van der Waals surface area contributed by atoms with Crippen LogP contribution in [0, 0.1) is 5.92 Å². The second-order valence-electron chi connectivity index (χ2n) is 5.85. The predicted octanol–water partition coefficient (Wildman–Crippen LogP) is 3.69. The lowest BCUT2D eigenvalue weighted by Crippen LogP contribution is -2.20. The molecule has 2 aliphatic carbocycles. The summed E-state index contributed by atoms with van der Waals surface area (Å²) in [7, 11) is 0. The molecule has 0 aliphatic heterocycles. The summed E-state index contributed by atoms with van der Waals surface area (Å²) in [6.07, 6.45) is 4.16.